The van der Waals surface area contributed by atoms with E-state index in [1.807, 2.05) is 6.92 Å². The van der Waals surface area contributed by atoms with Crippen molar-refractivity contribution in [2.45, 2.75) is 19.3 Å². The first-order valence-electron chi connectivity index (χ1n) is 4.85. The van der Waals surface area contributed by atoms with E-state index in [0.717, 1.165) is 11.1 Å². The lowest BCUT2D eigenvalue weighted by Gasteiger charge is -2.15. The molecule has 1 atom stereocenters. The maximum atomic E-state index is 11.2. The van der Waals surface area contributed by atoms with Gasteiger partial charge in [0, 0.05) is 0 Å². The largest absolute Gasteiger partial charge is 0.508 e. The lowest BCUT2D eigenvalue weighted by atomic mass is 9.91. The number of amides is 1. The third-order valence-electron chi connectivity index (χ3n) is 2.44. The van der Waals surface area contributed by atoms with E-state index in [1.165, 1.54) is 0 Å². The summed E-state index contributed by atoms with van der Waals surface area (Å²) in [6.07, 6.45) is 0.500. The monoisotopic (exact) mass is 208 g/mol. The zero-order valence-electron chi connectivity index (χ0n) is 8.73. The average Bonchev–Trinajstić information content (AvgIpc) is 2.18. The van der Waals surface area contributed by atoms with Crippen LogP contribution in [0.2, 0.25) is 0 Å². The van der Waals surface area contributed by atoms with Crippen molar-refractivity contribution >= 4 is 5.91 Å². The fraction of sp³-hybridized carbons (Fsp3) is 0.364. The second-order valence-corrected chi connectivity index (χ2v) is 3.57. The summed E-state index contributed by atoms with van der Waals surface area (Å²) in [7, 11) is 0. The van der Waals surface area contributed by atoms with Gasteiger partial charge in [-0.25, -0.2) is 0 Å². The summed E-state index contributed by atoms with van der Waals surface area (Å²) < 4.78 is 0. The molecule has 4 heteroatoms. The molecule has 0 aromatic heterocycles. The van der Waals surface area contributed by atoms with Crippen LogP contribution < -0.4 is 11.5 Å². The fourth-order valence-electron chi connectivity index (χ4n) is 1.62. The molecule has 0 unspecified atom stereocenters. The van der Waals surface area contributed by atoms with Crippen LogP contribution in [0.5, 0.6) is 5.75 Å². The third kappa shape index (κ3) is 2.70. The van der Waals surface area contributed by atoms with Crippen LogP contribution in [0.15, 0.2) is 18.2 Å². The second-order valence-electron chi connectivity index (χ2n) is 3.57. The summed E-state index contributed by atoms with van der Waals surface area (Å²) in [5.74, 6) is -0.685. The molecule has 1 amide bonds. The number of rotatable bonds is 4. The second kappa shape index (κ2) is 4.79. The van der Waals surface area contributed by atoms with Gasteiger partial charge in [-0.2, -0.15) is 0 Å². The van der Waals surface area contributed by atoms with Crippen molar-refractivity contribution in [2.24, 2.45) is 11.5 Å². The van der Waals surface area contributed by atoms with Crippen molar-refractivity contribution in [1.29, 1.82) is 0 Å². The van der Waals surface area contributed by atoms with E-state index in [2.05, 4.69) is 0 Å². The molecule has 15 heavy (non-hydrogen) atoms. The van der Waals surface area contributed by atoms with Crippen LogP contribution in [-0.2, 0) is 4.79 Å². The summed E-state index contributed by atoms with van der Waals surface area (Å²) in [4.78, 5) is 11.2. The highest BCUT2D eigenvalue weighted by atomic mass is 16.3. The first-order valence-corrected chi connectivity index (χ1v) is 4.85. The van der Waals surface area contributed by atoms with Gasteiger partial charge in [-0.05, 0) is 43.1 Å². The molecule has 4 nitrogen and oxygen atoms in total. The lowest BCUT2D eigenvalue weighted by molar-refractivity contribution is -0.119. The number of aromatic hydroxyl groups is 1. The topological polar surface area (TPSA) is 89.3 Å². The Bertz CT molecular complexity index is 364. The Morgan fingerprint density at radius 1 is 1.53 bits per heavy atom. The Morgan fingerprint density at radius 3 is 2.73 bits per heavy atom. The summed E-state index contributed by atoms with van der Waals surface area (Å²) >= 11 is 0. The molecule has 0 aliphatic heterocycles. The third-order valence-corrected chi connectivity index (χ3v) is 2.44. The standard InChI is InChI=1S/C11H16N2O2/c1-7-2-3-8(14)6-10(7)9(4-5-12)11(13)15/h2-3,6,9,14H,4-5,12H2,1H3,(H2,13,15)/t9-/m1/s1. The van der Waals surface area contributed by atoms with Crippen molar-refractivity contribution < 1.29 is 9.90 Å². The number of hydrogen-bond acceptors (Lipinski definition) is 3. The van der Waals surface area contributed by atoms with Crippen LogP contribution >= 0.6 is 0 Å². The van der Waals surface area contributed by atoms with Gasteiger partial charge in [0.25, 0.3) is 0 Å². The quantitative estimate of drug-likeness (QED) is 0.677. The minimum Gasteiger partial charge on any atom is -0.508 e. The molecule has 0 radical (unpaired) electrons. The number of nitrogens with two attached hydrogens (primary N) is 2. The molecular weight excluding hydrogens is 192 g/mol. The molecule has 0 aliphatic rings. The fourth-order valence-corrected chi connectivity index (χ4v) is 1.62. The van der Waals surface area contributed by atoms with Crippen LogP contribution in [0, 0.1) is 6.92 Å². The van der Waals surface area contributed by atoms with Crippen LogP contribution in [-0.4, -0.2) is 17.6 Å². The highest BCUT2D eigenvalue weighted by Crippen LogP contribution is 2.26. The molecule has 82 valence electrons. The van der Waals surface area contributed by atoms with Crippen LogP contribution in [0.1, 0.15) is 23.5 Å². The molecule has 1 aromatic carbocycles. The number of aryl methyl sites for hydroxylation is 1. The maximum Gasteiger partial charge on any atom is 0.225 e. The molecule has 0 saturated carbocycles. The molecule has 0 aliphatic carbocycles. The molecule has 1 rings (SSSR count). The highest BCUT2D eigenvalue weighted by Gasteiger charge is 2.19. The number of primary amides is 1. The first kappa shape index (κ1) is 11.5. The van der Waals surface area contributed by atoms with Crippen molar-refractivity contribution in [3.8, 4) is 5.75 Å². The smallest absolute Gasteiger partial charge is 0.225 e. The zero-order valence-corrected chi connectivity index (χ0v) is 8.73. The van der Waals surface area contributed by atoms with Gasteiger partial charge in [-0.15, -0.1) is 0 Å². The van der Waals surface area contributed by atoms with Gasteiger partial charge in [0.2, 0.25) is 5.91 Å². The molecular formula is C11H16N2O2. The molecule has 0 saturated heterocycles. The highest BCUT2D eigenvalue weighted by molar-refractivity contribution is 5.82. The number of hydrogen-bond donors (Lipinski definition) is 3. The van der Waals surface area contributed by atoms with E-state index in [4.69, 9.17) is 11.5 Å². The summed E-state index contributed by atoms with van der Waals surface area (Å²) in [6, 6.07) is 4.91. The predicted molar refractivity (Wildman–Crippen MR) is 58.5 cm³/mol. The molecule has 0 bridgehead atoms. The van der Waals surface area contributed by atoms with E-state index >= 15 is 0 Å². The van der Waals surface area contributed by atoms with Crippen molar-refractivity contribution in [2.75, 3.05) is 6.54 Å². The van der Waals surface area contributed by atoms with Crippen LogP contribution in [0.3, 0.4) is 0 Å². The van der Waals surface area contributed by atoms with Crippen molar-refractivity contribution in [3.63, 3.8) is 0 Å². The number of phenols is 1. The minimum atomic E-state index is -0.415. The normalized spacial score (nSPS) is 12.4. The van der Waals surface area contributed by atoms with E-state index in [9.17, 15) is 9.90 Å². The van der Waals surface area contributed by atoms with E-state index in [-0.39, 0.29) is 5.75 Å². The van der Waals surface area contributed by atoms with Gasteiger partial charge in [0.1, 0.15) is 5.75 Å². The van der Waals surface area contributed by atoms with E-state index < -0.39 is 11.8 Å². The Labute approximate surface area is 88.9 Å². The Hall–Kier alpha value is -1.55. The van der Waals surface area contributed by atoms with Gasteiger partial charge in [-0.3, -0.25) is 4.79 Å². The average molecular weight is 208 g/mol. The Kier molecular flexibility index (Phi) is 3.68. The van der Waals surface area contributed by atoms with Gasteiger partial charge in [0.15, 0.2) is 0 Å². The molecule has 0 heterocycles. The van der Waals surface area contributed by atoms with Crippen molar-refractivity contribution in [3.05, 3.63) is 29.3 Å². The minimum absolute atomic E-state index is 0.138. The molecule has 0 spiro atoms. The summed E-state index contributed by atoms with van der Waals surface area (Å²) in [5, 5.41) is 9.35. The summed E-state index contributed by atoms with van der Waals surface area (Å²) in [6.45, 7) is 2.27. The SMILES string of the molecule is Cc1ccc(O)cc1[C@@H](CCN)C(N)=O. The van der Waals surface area contributed by atoms with Crippen LogP contribution in [0.4, 0.5) is 0 Å². The number of carbonyl (C=O) groups is 1. The summed E-state index contributed by atoms with van der Waals surface area (Å²) in [5.41, 5.74) is 12.4. The number of phenolic OH excluding ortho intramolecular Hbond substituents is 1. The molecule has 5 N–H and O–H groups in total. The van der Waals surface area contributed by atoms with Gasteiger partial charge in [0.05, 0.1) is 5.92 Å². The maximum absolute atomic E-state index is 11.2. The van der Waals surface area contributed by atoms with Gasteiger partial charge < -0.3 is 16.6 Å². The van der Waals surface area contributed by atoms with E-state index in [0.29, 0.717) is 13.0 Å². The van der Waals surface area contributed by atoms with Crippen LogP contribution in [0.25, 0.3) is 0 Å². The lowest BCUT2D eigenvalue weighted by Crippen LogP contribution is -2.24. The molecule has 0 fully saturated rings. The van der Waals surface area contributed by atoms with Gasteiger partial charge in [-0.1, -0.05) is 6.07 Å². The zero-order chi connectivity index (χ0) is 11.4. The molecule has 1 aromatic rings. The first-order chi connectivity index (χ1) is 7.06. The van der Waals surface area contributed by atoms with E-state index in [1.54, 1.807) is 18.2 Å². The number of benzene rings is 1. The predicted octanol–water partition coefficient (Wildman–Crippen LogP) is 0.618. The Balaban J connectivity index is 3.09. The number of carbonyl (C=O) groups excluding carboxylic acids is 1. The van der Waals surface area contributed by atoms with Gasteiger partial charge >= 0.3 is 0 Å². The van der Waals surface area contributed by atoms with Crippen molar-refractivity contribution in [1.82, 2.24) is 0 Å². The Morgan fingerprint density at radius 2 is 2.20 bits per heavy atom.